The smallest absolute Gasteiger partial charge is 0.426 e. The molecular formula is C16H18N2O4S. The Morgan fingerprint density at radius 2 is 1.65 bits per heavy atom. The average molecular weight is 334 g/mol. The maximum absolute atomic E-state index is 12.2. The fourth-order valence-electron chi connectivity index (χ4n) is 1.91. The van der Waals surface area contributed by atoms with Gasteiger partial charge in [-0.1, -0.05) is 36.4 Å². The van der Waals surface area contributed by atoms with E-state index in [-0.39, 0.29) is 6.61 Å². The Morgan fingerprint density at radius 3 is 2.39 bits per heavy atom. The van der Waals surface area contributed by atoms with E-state index < -0.39 is 12.2 Å². The van der Waals surface area contributed by atoms with E-state index in [4.69, 9.17) is 9.47 Å². The van der Waals surface area contributed by atoms with Gasteiger partial charge in [-0.25, -0.2) is 18.2 Å². The second-order valence-corrected chi connectivity index (χ2v) is 5.88. The van der Waals surface area contributed by atoms with Crippen molar-refractivity contribution in [3.8, 4) is 5.75 Å². The van der Waals surface area contributed by atoms with Gasteiger partial charge < -0.3 is 9.47 Å². The molecule has 6 nitrogen and oxygen atoms in total. The zero-order valence-electron chi connectivity index (χ0n) is 13.2. The molecule has 0 radical (unpaired) electrons. The monoisotopic (exact) mass is 334 g/mol. The van der Waals surface area contributed by atoms with Crippen LogP contribution < -0.4 is 4.74 Å². The van der Waals surface area contributed by atoms with Crippen LogP contribution in [0.5, 0.6) is 5.75 Å². The highest BCUT2D eigenvalue weighted by atomic mass is 32.2. The van der Waals surface area contributed by atoms with E-state index in [9.17, 15) is 9.59 Å². The van der Waals surface area contributed by atoms with Gasteiger partial charge in [0.05, 0.1) is 18.7 Å². The van der Waals surface area contributed by atoms with Crippen molar-refractivity contribution >= 4 is 35.1 Å². The summed E-state index contributed by atoms with van der Waals surface area (Å²) in [4.78, 5) is 23.7. The Bertz CT molecular complexity index is 702. The summed E-state index contributed by atoms with van der Waals surface area (Å²) in [7, 11) is 3.04. The molecule has 0 atom stereocenters. The molecule has 122 valence electrons. The van der Waals surface area contributed by atoms with Gasteiger partial charge in [0.2, 0.25) is 0 Å². The van der Waals surface area contributed by atoms with Gasteiger partial charge in [-0.3, -0.25) is 0 Å². The number of carbonyl (C=O) groups excluding carboxylic acids is 2. The number of amides is 2. The number of ether oxygens (including phenoxy) is 2. The molecule has 0 saturated heterocycles. The lowest BCUT2D eigenvalue weighted by molar-refractivity contribution is 0.137. The predicted molar refractivity (Wildman–Crippen MR) is 90.1 cm³/mol. The molecule has 0 aliphatic carbocycles. The minimum absolute atomic E-state index is 0.272. The van der Waals surface area contributed by atoms with Crippen molar-refractivity contribution in [1.82, 2.24) is 8.61 Å². The minimum atomic E-state index is -0.581. The van der Waals surface area contributed by atoms with E-state index in [1.807, 2.05) is 36.4 Å². The van der Waals surface area contributed by atoms with Crippen LogP contribution in [0, 0.1) is 0 Å². The molecule has 0 fully saturated rings. The Hall–Kier alpha value is -2.41. The van der Waals surface area contributed by atoms with Crippen LogP contribution >= 0.6 is 12.1 Å². The SMILES string of the molecule is CCOC(=O)N(C)SN(C)C(=O)Oc1cccc2ccccc12. The summed E-state index contributed by atoms with van der Waals surface area (Å²) < 4.78 is 12.7. The molecule has 2 amide bonds. The minimum Gasteiger partial charge on any atom is -0.449 e. The van der Waals surface area contributed by atoms with E-state index in [0.717, 1.165) is 22.9 Å². The van der Waals surface area contributed by atoms with Gasteiger partial charge in [0, 0.05) is 19.5 Å². The third-order valence-electron chi connectivity index (χ3n) is 2.97. The molecule has 0 aromatic heterocycles. The summed E-state index contributed by atoms with van der Waals surface area (Å²) in [6.45, 7) is 1.99. The Morgan fingerprint density at radius 1 is 1.00 bits per heavy atom. The van der Waals surface area contributed by atoms with Gasteiger partial charge >= 0.3 is 12.2 Å². The molecular weight excluding hydrogens is 316 g/mol. The molecule has 2 rings (SSSR count). The number of benzene rings is 2. The molecule has 0 unspecified atom stereocenters. The summed E-state index contributed by atoms with van der Waals surface area (Å²) in [5.41, 5.74) is 0. The van der Waals surface area contributed by atoms with Crippen LogP contribution in [0.25, 0.3) is 10.8 Å². The zero-order chi connectivity index (χ0) is 16.8. The second kappa shape index (κ2) is 7.73. The van der Waals surface area contributed by atoms with Crippen molar-refractivity contribution in [2.24, 2.45) is 0 Å². The maximum atomic E-state index is 12.2. The molecule has 0 saturated carbocycles. The fraction of sp³-hybridized carbons (Fsp3) is 0.250. The third-order valence-corrected chi connectivity index (χ3v) is 3.76. The van der Waals surface area contributed by atoms with Gasteiger partial charge in [-0.15, -0.1) is 0 Å². The maximum Gasteiger partial charge on any atom is 0.426 e. The molecule has 2 aromatic rings. The molecule has 23 heavy (non-hydrogen) atoms. The van der Waals surface area contributed by atoms with E-state index in [2.05, 4.69) is 0 Å². The first-order valence-corrected chi connectivity index (χ1v) is 7.77. The van der Waals surface area contributed by atoms with Gasteiger partial charge in [-0.05, 0) is 18.4 Å². The first kappa shape index (κ1) is 17.0. The molecule has 0 N–H and O–H groups in total. The van der Waals surface area contributed by atoms with Crippen LogP contribution in [-0.4, -0.2) is 41.5 Å². The normalized spacial score (nSPS) is 10.2. The number of fused-ring (bicyclic) bond motifs is 1. The highest BCUT2D eigenvalue weighted by Crippen LogP contribution is 2.26. The number of hydrogen-bond acceptors (Lipinski definition) is 5. The van der Waals surface area contributed by atoms with Crippen molar-refractivity contribution in [2.45, 2.75) is 6.92 Å². The van der Waals surface area contributed by atoms with E-state index >= 15 is 0 Å². The molecule has 7 heteroatoms. The standard InChI is InChI=1S/C16H18N2O4S/c1-4-21-15(19)17(2)23-18(3)16(20)22-14-11-7-9-12-8-5-6-10-13(12)14/h5-11H,4H2,1-3H3. The topological polar surface area (TPSA) is 59.1 Å². The van der Waals surface area contributed by atoms with Gasteiger partial charge in [-0.2, -0.15) is 0 Å². The predicted octanol–water partition coefficient (Wildman–Crippen LogP) is 3.92. The van der Waals surface area contributed by atoms with Crippen molar-refractivity contribution < 1.29 is 19.1 Å². The third kappa shape index (κ3) is 4.29. The number of hydrogen-bond donors (Lipinski definition) is 0. The molecule has 0 aliphatic rings. The van der Waals surface area contributed by atoms with Gasteiger partial charge in [0.25, 0.3) is 0 Å². The molecule has 0 spiro atoms. The van der Waals surface area contributed by atoms with Crippen LogP contribution in [0.3, 0.4) is 0 Å². The van der Waals surface area contributed by atoms with Crippen LogP contribution in [0.4, 0.5) is 9.59 Å². The lowest BCUT2D eigenvalue weighted by Gasteiger charge is -2.21. The molecule has 2 aromatic carbocycles. The van der Waals surface area contributed by atoms with E-state index in [1.165, 1.54) is 22.7 Å². The summed E-state index contributed by atoms with van der Waals surface area (Å²) in [6, 6.07) is 13.1. The highest BCUT2D eigenvalue weighted by molar-refractivity contribution is 7.95. The van der Waals surface area contributed by atoms with Gasteiger partial charge in [0.15, 0.2) is 0 Å². The highest BCUT2D eigenvalue weighted by Gasteiger charge is 2.19. The first-order valence-electron chi connectivity index (χ1n) is 7.04. The van der Waals surface area contributed by atoms with Crippen molar-refractivity contribution in [1.29, 1.82) is 0 Å². The summed E-state index contributed by atoms with van der Waals surface area (Å²) in [5.74, 6) is 0.472. The molecule has 0 aliphatic heterocycles. The quantitative estimate of drug-likeness (QED) is 0.793. The Balaban J connectivity index is 2.04. The van der Waals surface area contributed by atoms with E-state index in [0.29, 0.717) is 5.75 Å². The van der Waals surface area contributed by atoms with Crippen molar-refractivity contribution in [3.05, 3.63) is 42.5 Å². The Kier molecular flexibility index (Phi) is 5.70. The lowest BCUT2D eigenvalue weighted by Crippen LogP contribution is -2.31. The number of carbonyl (C=O) groups is 2. The van der Waals surface area contributed by atoms with Crippen molar-refractivity contribution in [2.75, 3.05) is 20.7 Å². The lowest BCUT2D eigenvalue weighted by atomic mass is 10.1. The molecule has 0 bridgehead atoms. The fourth-order valence-corrected chi connectivity index (χ4v) is 2.50. The summed E-state index contributed by atoms with van der Waals surface area (Å²) >= 11 is 0.898. The molecule has 0 heterocycles. The van der Waals surface area contributed by atoms with Crippen LogP contribution in [0.2, 0.25) is 0 Å². The first-order chi connectivity index (χ1) is 11.0. The zero-order valence-corrected chi connectivity index (χ0v) is 14.0. The number of nitrogens with zero attached hydrogens (tertiary/aromatic N) is 2. The average Bonchev–Trinajstić information content (AvgIpc) is 2.55. The van der Waals surface area contributed by atoms with Crippen LogP contribution in [0.15, 0.2) is 42.5 Å². The summed E-state index contributed by atoms with van der Waals surface area (Å²) in [6.07, 6.45) is -1.11. The van der Waals surface area contributed by atoms with Crippen molar-refractivity contribution in [3.63, 3.8) is 0 Å². The van der Waals surface area contributed by atoms with Crippen LogP contribution in [0.1, 0.15) is 6.92 Å². The second-order valence-electron chi connectivity index (χ2n) is 4.62. The van der Waals surface area contributed by atoms with E-state index in [1.54, 1.807) is 13.0 Å². The number of rotatable bonds is 4. The Labute approximate surface area is 139 Å². The summed E-state index contributed by atoms with van der Waals surface area (Å²) in [5, 5.41) is 1.83. The van der Waals surface area contributed by atoms with Crippen LogP contribution in [-0.2, 0) is 4.74 Å². The van der Waals surface area contributed by atoms with Gasteiger partial charge in [0.1, 0.15) is 5.75 Å². The largest absolute Gasteiger partial charge is 0.449 e.